The summed E-state index contributed by atoms with van der Waals surface area (Å²) in [6.07, 6.45) is 0.448. The summed E-state index contributed by atoms with van der Waals surface area (Å²) in [6, 6.07) is 8.66. The number of nitrogens with zero attached hydrogens (tertiary/aromatic N) is 2. The van der Waals surface area contributed by atoms with Crippen molar-refractivity contribution < 1.29 is 13.9 Å². The summed E-state index contributed by atoms with van der Waals surface area (Å²) in [4.78, 5) is 4.39. The molecule has 0 saturated carbocycles. The monoisotopic (exact) mass is 274 g/mol. The van der Waals surface area contributed by atoms with Crippen molar-refractivity contribution in [2.45, 2.75) is 13.0 Å². The van der Waals surface area contributed by atoms with Gasteiger partial charge in [0, 0.05) is 11.8 Å². The summed E-state index contributed by atoms with van der Waals surface area (Å²) in [7, 11) is 0. The van der Waals surface area contributed by atoms with Gasteiger partial charge in [-0.1, -0.05) is 0 Å². The van der Waals surface area contributed by atoms with E-state index in [-0.39, 0.29) is 5.82 Å². The van der Waals surface area contributed by atoms with Crippen molar-refractivity contribution in [2.24, 2.45) is 0 Å². The van der Waals surface area contributed by atoms with Crippen molar-refractivity contribution >= 4 is 5.65 Å². The summed E-state index contributed by atoms with van der Waals surface area (Å²) in [5.41, 5.74) is 2.20. The summed E-state index contributed by atoms with van der Waals surface area (Å²) in [5.74, 6) is -0.760. The molecule has 3 rings (SSSR count). The summed E-state index contributed by atoms with van der Waals surface area (Å²) < 4.78 is 27.9. The van der Waals surface area contributed by atoms with Crippen molar-refractivity contribution in [2.75, 3.05) is 0 Å². The van der Waals surface area contributed by atoms with Crippen LogP contribution in [0.25, 0.3) is 16.9 Å². The minimum Gasteiger partial charge on any atom is -0.387 e. The number of aliphatic hydroxyl groups excluding tert-OH is 1. The number of imidazole rings is 1. The van der Waals surface area contributed by atoms with Gasteiger partial charge in [-0.15, -0.1) is 0 Å². The molecule has 0 aliphatic carbocycles. The van der Waals surface area contributed by atoms with Crippen molar-refractivity contribution in [3.05, 3.63) is 59.9 Å². The van der Waals surface area contributed by atoms with Crippen LogP contribution in [-0.2, 0) is 0 Å². The van der Waals surface area contributed by atoms with E-state index in [1.807, 2.05) is 0 Å². The fourth-order valence-electron chi connectivity index (χ4n) is 2.26. The highest BCUT2D eigenvalue weighted by Crippen LogP contribution is 2.29. The molecule has 0 radical (unpaired) electrons. The van der Waals surface area contributed by atoms with Gasteiger partial charge in [-0.25, -0.2) is 13.8 Å². The minimum absolute atomic E-state index is 0.345. The van der Waals surface area contributed by atoms with E-state index >= 15 is 0 Å². The Bertz CT molecular complexity index is 763. The van der Waals surface area contributed by atoms with Crippen LogP contribution in [0.5, 0.6) is 0 Å². The van der Waals surface area contributed by atoms with Crippen LogP contribution < -0.4 is 0 Å². The second-order valence-corrected chi connectivity index (χ2v) is 4.60. The predicted molar refractivity (Wildman–Crippen MR) is 71.2 cm³/mol. The molecule has 0 spiro atoms. The molecule has 20 heavy (non-hydrogen) atoms. The molecule has 0 bridgehead atoms. The van der Waals surface area contributed by atoms with Crippen LogP contribution in [-0.4, -0.2) is 14.5 Å². The molecule has 2 heterocycles. The fourth-order valence-corrected chi connectivity index (χ4v) is 2.26. The highest BCUT2D eigenvalue weighted by molar-refractivity contribution is 5.67. The molecule has 102 valence electrons. The highest BCUT2D eigenvalue weighted by atomic mass is 19.1. The zero-order valence-electron chi connectivity index (χ0n) is 10.7. The number of rotatable bonds is 2. The first kappa shape index (κ1) is 12.7. The summed E-state index contributed by atoms with van der Waals surface area (Å²) >= 11 is 0. The number of benzene rings is 1. The molecule has 1 N–H and O–H groups in total. The van der Waals surface area contributed by atoms with E-state index in [1.54, 1.807) is 19.1 Å². The zero-order chi connectivity index (χ0) is 14.3. The number of aromatic nitrogens is 2. The topological polar surface area (TPSA) is 37.5 Å². The van der Waals surface area contributed by atoms with E-state index in [9.17, 15) is 13.9 Å². The molecule has 0 saturated heterocycles. The van der Waals surface area contributed by atoms with Gasteiger partial charge in [0.15, 0.2) is 0 Å². The maximum absolute atomic E-state index is 13.4. The van der Waals surface area contributed by atoms with Crippen LogP contribution in [0.15, 0.2) is 42.6 Å². The van der Waals surface area contributed by atoms with Crippen LogP contribution >= 0.6 is 0 Å². The number of halogens is 2. The Morgan fingerprint density at radius 3 is 2.35 bits per heavy atom. The van der Waals surface area contributed by atoms with Crippen molar-refractivity contribution in [3.8, 4) is 11.3 Å². The quantitative estimate of drug-likeness (QED) is 0.778. The molecular weight excluding hydrogens is 262 g/mol. The molecule has 0 aliphatic heterocycles. The first-order chi connectivity index (χ1) is 9.56. The second-order valence-electron chi connectivity index (χ2n) is 4.60. The SMILES string of the molecule is CC(O)c1c(-c2ccc(F)cc2)nc2ccc(F)cn12. The standard InChI is InChI=1S/C15H12F2N2O/c1-9(20)15-14(10-2-4-11(16)5-3-10)18-13-7-6-12(17)8-19(13)15/h2-9,20H,1H3. The van der Waals surface area contributed by atoms with Crippen LogP contribution in [0, 0.1) is 11.6 Å². The minimum atomic E-state index is -0.827. The lowest BCUT2D eigenvalue weighted by atomic mass is 10.1. The third-order valence-corrected chi connectivity index (χ3v) is 3.13. The zero-order valence-corrected chi connectivity index (χ0v) is 10.7. The Kier molecular flexibility index (Phi) is 2.99. The third kappa shape index (κ3) is 2.06. The number of fused-ring (bicyclic) bond motifs is 1. The number of aliphatic hydroxyl groups is 1. The predicted octanol–water partition coefficient (Wildman–Crippen LogP) is 3.33. The van der Waals surface area contributed by atoms with E-state index in [0.717, 1.165) is 0 Å². The maximum atomic E-state index is 13.4. The van der Waals surface area contributed by atoms with Crippen LogP contribution in [0.4, 0.5) is 8.78 Å². The van der Waals surface area contributed by atoms with Gasteiger partial charge in [0.25, 0.3) is 0 Å². The Morgan fingerprint density at radius 1 is 1.05 bits per heavy atom. The lowest BCUT2D eigenvalue weighted by Crippen LogP contribution is -2.00. The first-order valence-electron chi connectivity index (χ1n) is 6.18. The number of hydrogen-bond donors (Lipinski definition) is 1. The van der Waals surface area contributed by atoms with E-state index in [2.05, 4.69) is 4.98 Å². The van der Waals surface area contributed by atoms with E-state index in [0.29, 0.717) is 22.6 Å². The van der Waals surface area contributed by atoms with Crippen molar-refractivity contribution in [3.63, 3.8) is 0 Å². The Balaban J connectivity index is 2.29. The number of hydrogen-bond acceptors (Lipinski definition) is 2. The molecule has 5 heteroatoms. The smallest absolute Gasteiger partial charge is 0.139 e. The van der Waals surface area contributed by atoms with E-state index < -0.39 is 11.9 Å². The maximum Gasteiger partial charge on any atom is 0.139 e. The van der Waals surface area contributed by atoms with Gasteiger partial charge >= 0.3 is 0 Å². The van der Waals surface area contributed by atoms with Gasteiger partial charge in [-0.3, -0.25) is 4.40 Å². The first-order valence-corrected chi connectivity index (χ1v) is 6.18. The Hall–Kier alpha value is -2.27. The molecular formula is C15H12F2N2O. The molecule has 2 aromatic heterocycles. The number of pyridine rings is 1. The largest absolute Gasteiger partial charge is 0.387 e. The average Bonchev–Trinajstić information content (AvgIpc) is 2.78. The lowest BCUT2D eigenvalue weighted by molar-refractivity contribution is 0.194. The van der Waals surface area contributed by atoms with Gasteiger partial charge < -0.3 is 5.11 Å². The van der Waals surface area contributed by atoms with Crippen LogP contribution in [0.3, 0.4) is 0 Å². The molecule has 3 aromatic rings. The van der Waals surface area contributed by atoms with Gasteiger partial charge in [-0.05, 0) is 43.3 Å². The average molecular weight is 274 g/mol. The van der Waals surface area contributed by atoms with Crippen molar-refractivity contribution in [1.29, 1.82) is 0 Å². The molecule has 1 aromatic carbocycles. The van der Waals surface area contributed by atoms with E-state index in [1.165, 1.54) is 34.9 Å². The van der Waals surface area contributed by atoms with E-state index in [4.69, 9.17) is 0 Å². The molecule has 1 unspecified atom stereocenters. The van der Waals surface area contributed by atoms with Crippen LogP contribution in [0.2, 0.25) is 0 Å². The normalized spacial score (nSPS) is 12.8. The Labute approximate surface area is 114 Å². The Morgan fingerprint density at radius 2 is 1.70 bits per heavy atom. The van der Waals surface area contributed by atoms with Gasteiger partial charge in [0.1, 0.15) is 17.3 Å². The fraction of sp³-hybridized carbons (Fsp3) is 0.133. The summed E-state index contributed by atoms with van der Waals surface area (Å²) in [5, 5.41) is 9.94. The molecule has 0 fully saturated rings. The molecule has 0 amide bonds. The molecule has 3 nitrogen and oxygen atoms in total. The van der Waals surface area contributed by atoms with Crippen molar-refractivity contribution in [1.82, 2.24) is 9.38 Å². The summed E-state index contributed by atoms with van der Waals surface area (Å²) in [6.45, 7) is 1.58. The van der Waals surface area contributed by atoms with Gasteiger partial charge in [0.2, 0.25) is 0 Å². The lowest BCUT2D eigenvalue weighted by Gasteiger charge is -2.08. The molecule has 0 aliphatic rings. The third-order valence-electron chi connectivity index (χ3n) is 3.13. The van der Waals surface area contributed by atoms with Gasteiger partial charge in [0.05, 0.1) is 17.5 Å². The molecule has 1 atom stereocenters. The highest BCUT2D eigenvalue weighted by Gasteiger charge is 2.18. The van der Waals surface area contributed by atoms with Gasteiger partial charge in [-0.2, -0.15) is 0 Å². The second kappa shape index (κ2) is 4.68. The van der Waals surface area contributed by atoms with Crippen LogP contribution in [0.1, 0.15) is 18.7 Å².